The Bertz CT molecular complexity index is 619. The monoisotopic (exact) mass is 350 g/mol. The van der Waals surface area contributed by atoms with Crippen molar-refractivity contribution in [3.8, 4) is 5.75 Å². The summed E-state index contributed by atoms with van der Waals surface area (Å²) in [5, 5.41) is -0.0537. The van der Waals surface area contributed by atoms with Crippen LogP contribution >= 0.6 is 27.5 Å². The standard InChI is InChI=1S/C13H7BrClF3O/c14-8-4-11(17)13(18)12(5-8)19-6-7-1-2-10(16)9(15)3-7/h1-5H,6H2. The molecule has 0 aliphatic rings. The zero-order valence-electron chi connectivity index (χ0n) is 9.39. The van der Waals surface area contributed by atoms with Crippen LogP contribution in [0.1, 0.15) is 5.56 Å². The Kier molecular flexibility index (Phi) is 4.37. The van der Waals surface area contributed by atoms with Crippen molar-refractivity contribution in [2.24, 2.45) is 0 Å². The fraction of sp³-hybridized carbons (Fsp3) is 0.0769. The molecule has 0 unspecified atom stereocenters. The van der Waals surface area contributed by atoms with E-state index in [4.69, 9.17) is 16.3 Å². The molecule has 0 heterocycles. The first-order chi connectivity index (χ1) is 8.97. The third kappa shape index (κ3) is 3.42. The molecule has 2 aromatic rings. The first-order valence-corrected chi connectivity index (χ1v) is 6.35. The Balaban J connectivity index is 2.16. The molecule has 6 heteroatoms. The molecular weight excluding hydrogens is 344 g/mol. The normalized spacial score (nSPS) is 10.6. The summed E-state index contributed by atoms with van der Waals surface area (Å²) < 4.78 is 45.0. The first kappa shape index (κ1) is 14.2. The predicted molar refractivity (Wildman–Crippen MR) is 69.8 cm³/mol. The second kappa shape index (κ2) is 5.84. The van der Waals surface area contributed by atoms with E-state index in [-0.39, 0.29) is 17.4 Å². The minimum absolute atomic E-state index is 0.0488. The van der Waals surface area contributed by atoms with Gasteiger partial charge in [0, 0.05) is 4.47 Å². The zero-order valence-corrected chi connectivity index (χ0v) is 11.7. The molecule has 0 aliphatic carbocycles. The van der Waals surface area contributed by atoms with Gasteiger partial charge in [-0.25, -0.2) is 8.78 Å². The molecule has 2 aromatic carbocycles. The van der Waals surface area contributed by atoms with Gasteiger partial charge in [0.2, 0.25) is 5.82 Å². The maximum atomic E-state index is 13.4. The highest BCUT2D eigenvalue weighted by atomic mass is 79.9. The van der Waals surface area contributed by atoms with Crippen molar-refractivity contribution < 1.29 is 17.9 Å². The Morgan fingerprint density at radius 1 is 1.05 bits per heavy atom. The SMILES string of the molecule is Fc1ccc(COc2cc(Br)cc(F)c2F)cc1Cl. The van der Waals surface area contributed by atoms with E-state index in [1.165, 1.54) is 24.3 Å². The molecule has 0 N–H and O–H groups in total. The molecule has 0 aliphatic heterocycles. The molecule has 0 radical (unpaired) electrons. The van der Waals surface area contributed by atoms with E-state index in [0.29, 0.717) is 10.0 Å². The maximum Gasteiger partial charge on any atom is 0.200 e. The van der Waals surface area contributed by atoms with E-state index in [1.807, 2.05) is 0 Å². The molecule has 0 amide bonds. The highest BCUT2D eigenvalue weighted by molar-refractivity contribution is 9.10. The van der Waals surface area contributed by atoms with Gasteiger partial charge < -0.3 is 4.74 Å². The van der Waals surface area contributed by atoms with Crippen LogP contribution in [0.4, 0.5) is 13.2 Å². The van der Waals surface area contributed by atoms with Crippen molar-refractivity contribution >= 4 is 27.5 Å². The lowest BCUT2D eigenvalue weighted by Crippen LogP contribution is -1.99. The lowest BCUT2D eigenvalue weighted by molar-refractivity contribution is 0.284. The fourth-order valence-corrected chi connectivity index (χ4v) is 2.04. The van der Waals surface area contributed by atoms with E-state index in [1.54, 1.807) is 0 Å². The van der Waals surface area contributed by atoms with Gasteiger partial charge in [-0.15, -0.1) is 0 Å². The molecule has 100 valence electrons. The Hall–Kier alpha value is -1.20. The fourth-order valence-electron chi connectivity index (χ4n) is 1.43. The highest BCUT2D eigenvalue weighted by Crippen LogP contribution is 2.26. The second-order valence-electron chi connectivity index (χ2n) is 3.74. The van der Waals surface area contributed by atoms with E-state index in [2.05, 4.69) is 15.9 Å². The van der Waals surface area contributed by atoms with Crippen LogP contribution in [0.3, 0.4) is 0 Å². The Morgan fingerprint density at radius 2 is 1.79 bits per heavy atom. The lowest BCUT2D eigenvalue weighted by atomic mass is 10.2. The Morgan fingerprint density at radius 3 is 2.47 bits per heavy atom. The third-order valence-corrected chi connectivity index (χ3v) is 3.09. The number of benzene rings is 2. The number of rotatable bonds is 3. The Labute approximate surface area is 121 Å². The van der Waals surface area contributed by atoms with Crippen LogP contribution in [0.2, 0.25) is 5.02 Å². The van der Waals surface area contributed by atoms with Crippen LogP contribution < -0.4 is 4.74 Å². The van der Waals surface area contributed by atoms with E-state index < -0.39 is 17.5 Å². The summed E-state index contributed by atoms with van der Waals surface area (Å²) in [6.45, 7) is -0.0488. The van der Waals surface area contributed by atoms with Crippen LogP contribution in [0.5, 0.6) is 5.75 Å². The third-order valence-electron chi connectivity index (χ3n) is 2.34. The summed E-state index contributed by atoms with van der Waals surface area (Å²) >= 11 is 8.64. The molecule has 0 saturated carbocycles. The van der Waals surface area contributed by atoms with Crippen LogP contribution in [0, 0.1) is 17.5 Å². The minimum Gasteiger partial charge on any atom is -0.486 e. The van der Waals surface area contributed by atoms with Gasteiger partial charge in [-0.2, -0.15) is 4.39 Å². The minimum atomic E-state index is -1.07. The molecule has 0 saturated heterocycles. The molecular formula is C13H7BrClF3O. The molecule has 1 nitrogen and oxygen atoms in total. The summed E-state index contributed by atoms with van der Waals surface area (Å²) in [4.78, 5) is 0. The van der Waals surface area contributed by atoms with Crippen LogP contribution in [0.25, 0.3) is 0 Å². The molecule has 2 rings (SSSR count). The zero-order chi connectivity index (χ0) is 14.0. The second-order valence-corrected chi connectivity index (χ2v) is 5.06. The molecule has 0 spiro atoms. The predicted octanol–water partition coefficient (Wildman–Crippen LogP) is 5.10. The van der Waals surface area contributed by atoms with E-state index in [0.717, 1.165) is 6.07 Å². The largest absolute Gasteiger partial charge is 0.486 e. The smallest absolute Gasteiger partial charge is 0.200 e. The van der Waals surface area contributed by atoms with Crippen molar-refractivity contribution in [3.63, 3.8) is 0 Å². The number of hydrogen-bond acceptors (Lipinski definition) is 1. The number of hydrogen-bond donors (Lipinski definition) is 0. The average molecular weight is 352 g/mol. The summed E-state index contributed by atoms with van der Waals surface area (Å²) in [6, 6.07) is 6.30. The number of ether oxygens (including phenoxy) is 1. The van der Waals surface area contributed by atoms with Crippen LogP contribution in [0.15, 0.2) is 34.8 Å². The van der Waals surface area contributed by atoms with Gasteiger partial charge in [0.05, 0.1) is 5.02 Å². The van der Waals surface area contributed by atoms with Crippen molar-refractivity contribution in [1.29, 1.82) is 0 Å². The van der Waals surface area contributed by atoms with Crippen molar-refractivity contribution in [1.82, 2.24) is 0 Å². The summed E-state index contributed by atoms with van der Waals surface area (Å²) in [5.41, 5.74) is 0.547. The number of halogens is 5. The van der Waals surface area contributed by atoms with Gasteiger partial charge in [0.1, 0.15) is 12.4 Å². The lowest BCUT2D eigenvalue weighted by Gasteiger charge is -2.09. The molecule has 0 fully saturated rings. The van der Waals surface area contributed by atoms with Crippen LogP contribution in [-0.2, 0) is 6.61 Å². The average Bonchev–Trinajstić information content (AvgIpc) is 2.36. The molecule has 0 aromatic heterocycles. The van der Waals surface area contributed by atoms with Gasteiger partial charge in [0.25, 0.3) is 0 Å². The van der Waals surface area contributed by atoms with E-state index >= 15 is 0 Å². The topological polar surface area (TPSA) is 9.23 Å². The van der Waals surface area contributed by atoms with Crippen molar-refractivity contribution in [2.45, 2.75) is 6.61 Å². The molecule has 0 atom stereocenters. The molecule has 19 heavy (non-hydrogen) atoms. The highest BCUT2D eigenvalue weighted by Gasteiger charge is 2.11. The first-order valence-electron chi connectivity index (χ1n) is 5.18. The quantitative estimate of drug-likeness (QED) is 0.699. The van der Waals surface area contributed by atoms with Gasteiger partial charge in [-0.3, -0.25) is 0 Å². The van der Waals surface area contributed by atoms with Crippen molar-refractivity contribution in [3.05, 3.63) is 62.8 Å². The van der Waals surface area contributed by atoms with E-state index in [9.17, 15) is 13.2 Å². The van der Waals surface area contributed by atoms with Crippen LogP contribution in [-0.4, -0.2) is 0 Å². The van der Waals surface area contributed by atoms with Gasteiger partial charge in [-0.05, 0) is 29.8 Å². The van der Waals surface area contributed by atoms with Gasteiger partial charge >= 0.3 is 0 Å². The maximum absolute atomic E-state index is 13.4. The van der Waals surface area contributed by atoms with Gasteiger partial charge in [-0.1, -0.05) is 33.6 Å². The van der Waals surface area contributed by atoms with Gasteiger partial charge in [0.15, 0.2) is 11.6 Å². The van der Waals surface area contributed by atoms with Crippen molar-refractivity contribution in [2.75, 3.05) is 0 Å². The summed E-state index contributed by atoms with van der Waals surface area (Å²) in [7, 11) is 0. The molecule has 0 bridgehead atoms. The summed E-state index contributed by atoms with van der Waals surface area (Å²) in [6.07, 6.45) is 0. The summed E-state index contributed by atoms with van der Waals surface area (Å²) in [5.74, 6) is -2.87.